The predicted molar refractivity (Wildman–Crippen MR) is 114 cm³/mol. The summed E-state index contributed by atoms with van der Waals surface area (Å²) in [5, 5.41) is 35.8. The first kappa shape index (κ1) is 22.7. The summed E-state index contributed by atoms with van der Waals surface area (Å²) in [5.74, 6) is -0.166. The lowest BCUT2D eigenvalue weighted by Gasteiger charge is -2.28. The lowest BCUT2D eigenvalue weighted by atomic mass is 9.93. The Balaban J connectivity index is 1.96. The molecule has 1 amide bonds. The highest BCUT2D eigenvalue weighted by molar-refractivity contribution is 5.78. The lowest BCUT2D eigenvalue weighted by molar-refractivity contribution is -0.120. The maximum Gasteiger partial charge on any atom is 0.224 e. The normalized spacial score (nSPS) is 12.8. The van der Waals surface area contributed by atoms with Gasteiger partial charge in [-0.25, -0.2) is 0 Å². The number of β-amino-alcohol motifs (C(OH)–C–C–N with tert-alkyl or cyclic N) is 1. The number of aromatic hydroxyl groups is 2. The van der Waals surface area contributed by atoms with Gasteiger partial charge in [-0.1, -0.05) is 24.3 Å². The summed E-state index contributed by atoms with van der Waals surface area (Å²) in [7, 11) is 0. The molecule has 0 aromatic heterocycles. The standard InChI is InChI=1S/C23H32N2O4/c1-15(2)25-22(29)9-16-6-5-7-17(8-16)13-23(3,4)24-14-21(28)18-10-19(26)12-20(27)11-18/h5-8,10-12,15,21,24,26-28H,9,13-14H2,1-4H3,(H,25,29). The molecule has 158 valence electrons. The Morgan fingerprint density at radius 1 is 1.03 bits per heavy atom. The molecule has 6 heteroatoms. The second-order valence-corrected chi connectivity index (χ2v) is 8.46. The first-order valence-corrected chi connectivity index (χ1v) is 9.87. The molecule has 0 heterocycles. The molecule has 1 unspecified atom stereocenters. The number of amides is 1. The van der Waals surface area contributed by atoms with E-state index in [4.69, 9.17) is 0 Å². The molecule has 5 N–H and O–H groups in total. The van der Waals surface area contributed by atoms with Crippen LogP contribution in [0.2, 0.25) is 0 Å². The monoisotopic (exact) mass is 400 g/mol. The molecule has 0 spiro atoms. The number of nitrogens with one attached hydrogen (secondary N) is 2. The number of aliphatic hydroxyl groups excluding tert-OH is 1. The molecule has 1 atom stereocenters. The van der Waals surface area contributed by atoms with Gasteiger partial charge in [0, 0.05) is 24.2 Å². The number of carbonyl (C=O) groups excluding carboxylic acids is 1. The van der Waals surface area contributed by atoms with Crippen LogP contribution >= 0.6 is 0 Å². The minimum atomic E-state index is -0.863. The number of rotatable bonds is 9. The van der Waals surface area contributed by atoms with Gasteiger partial charge in [0.15, 0.2) is 0 Å². The molecular formula is C23H32N2O4. The second-order valence-electron chi connectivity index (χ2n) is 8.46. The zero-order chi connectivity index (χ0) is 21.6. The Labute approximate surface area is 172 Å². The van der Waals surface area contributed by atoms with Crippen molar-refractivity contribution in [2.75, 3.05) is 6.54 Å². The van der Waals surface area contributed by atoms with Gasteiger partial charge in [0.2, 0.25) is 5.91 Å². The SMILES string of the molecule is CC(C)NC(=O)Cc1cccc(CC(C)(C)NCC(O)c2cc(O)cc(O)c2)c1. The highest BCUT2D eigenvalue weighted by Gasteiger charge is 2.20. The van der Waals surface area contributed by atoms with Crippen molar-refractivity contribution in [3.8, 4) is 11.5 Å². The maximum absolute atomic E-state index is 12.0. The van der Waals surface area contributed by atoms with Crippen LogP contribution in [0.15, 0.2) is 42.5 Å². The number of phenols is 2. The molecule has 0 bridgehead atoms. The first-order valence-electron chi connectivity index (χ1n) is 9.87. The summed E-state index contributed by atoms with van der Waals surface area (Å²) >= 11 is 0. The lowest BCUT2D eigenvalue weighted by Crippen LogP contribution is -2.43. The average Bonchev–Trinajstić information content (AvgIpc) is 2.58. The van der Waals surface area contributed by atoms with E-state index >= 15 is 0 Å². The first-order chi connectivity index (χ1) is 13.5. The third-order valence-corrected chi connectivity index (χ3v) is 4.54. The zero-order valence-corrected chi connectivity index (χ0v) is 17.6. The largest absolute Gasteiger partial charge is 0.508 e. The van der Waals surface area contributed by atoms with E-state index in [-0.39, 0.29) is 35.5 Å². The van der Waals surface area contributed by atoms with Gasteiger partial charge in [0.05, 0.1) is 12.5 Å². The van der Waals surface area contributed by atoms with Crippen LogP contribution in [0.4, 0.5) is 0 Å². The molecule has 0 aliphatic carbocycles. The average molecular weight is 401 g/mol. The summed E-state index contributed by atoms with van der Waals surface area (Å²) in [5.41, 5.74) is 2.20. The highest BCUT2D eigenvalue weighted by atomic mass is 16.3. The fourth-order valence-corrected chi connectivity index (χ4v) is 3.28. The van der Waals surface area contributed by atoms with Crippen molar-refractivity contribution in [1.29, 1.82) is 0 Å². The van der Waals surface area contributed by atoms with E-state index in [1.807, 2.05) is 52.0 Å². The van der Waals surface area contributed by atoms with Gasteiger partial charge in [-0.3, -0.25) is 4.79 Å². The molecule has 2 aromatic carbocycles. The quantitative estimate of drug-likeness (QED) is 0.446. The molecule has 6 nitrogen and oxygen atoms in total. The van der Waals surface area contributed by atoms with Crippen LogP contribution in [0.3, 0.4) is 0 Å². The van der Waals surface area contributed by atoms with Crippen molar-refractivity contribution >= 4 is 5.91 Å². The number of carbonyl (C=O) groups is 1. The molecule has 0 saturated heterocycles. The van der Waals surface area contributed by atoms with Gasteiger partial charge in [-0.15, -0.1) is 0 Å². The zero-order valence-electron chi connectivity index (χ0n) is 17.6. The molecular weight excluding hydrogens is 368 g/mol. The van der Waals surface area contributed by atoms with Gasteiger partial charge in [-0.2, -0.15) is 0 Å². The van der Waals surface area contributed by atoms with Crippen LogP contribution in [0.1, 0.15) is 50.5 Å². The van der Waals surface area contributed by atoms with E-state index in [1.165, 1.54) is 18.2 Å². The van der Waals surface area contributed by atoms with Crippen LogP contribution in [-0.2, 0) is 17.6 Å². The van der Waals surface area contributed by atoms with E-state index < -0.39 is 6.10 Å². The summed E-state index contributed by atoms with van der Waals surface area (Å²) in [6.07, 6.45) is 0.197. The van der Waals surface area contributed by atoms with Gasteiger partial charge >= 0.3 is 0 Å². The number of aliphatic hydroxyl groups is 1. The molecule has 2 rings (SSSR count). The van der Waals surface area contributed by atoms with E-state index in [1.54, 1.807) is 0 Å². The Morgan fingerprint density at radius 3 is 2.28 bits per heavy atom. The Morgan fingerprint density at radius 2 is 1.66 bits per heavy atom. The van der Waals surface area contributed by atoms with Crippen molar-refractivity contribution in [2.24, 2.45) is 0 Å². The fourth-order valence-electron chi connectivity index (χ4n) is 3.28. The van der Waals surface area contributed by atoms with E-state index in [9.17, 15) is 20.1 Å². The smallest absolute Gasteiger partial charge is 0.224 e. The topological polar surface area (TPSA) is 102 Å². The second kappa shape index (κ2) is 9.76. The summed E-state index contributed by atoms with van der Waals surface area (Å²) < 4.78 is 0. The van der Waals surface area contributed by atoms with E-state index in [2.05, 4.69) is 10.6 Å². The number of phenolic OH excluding ortho intramolecular Hbond substituents is 2. The van der Waals surface area contributed by atoms with Crippen molar-refractivity contribution in [3.63, 3.8) is 0 Å². The number of hydrogen-bond acceptors (Lipinski definition) is 5. The Hall–Kier alpha value is -2.57. The summed E-state index contributed by atoms with van der Waals surface area (Å²) in [4.78, 5) is 12.0. The molecule has 0 saturated carbocycles. The minimum Gasteiger partial charge on any atom is -0.508 e. The fraction of sp³-hybridized carbons (Fsp3) is 0.435. The van der Waals surface area contributed by atoms with Crippen LogP contribution in [0.25, 0.3) is 0 Å². The molecule has 0 aliphatic heterocycles. The number of hydrogen-bond donors (Lipinski definition) is 5. The summed E-state index contributed by atoms with van der Waals surface area (Å²) in [6.45, 7) is 8.23. The summed E-state index contributed by atoms with van der Waals surface area (Å²) in [6, 6.07) is 12.2. The van der Waals surface area contributed by atoms with Gasteiger partial charge in [-0.05, 0) is 62.9 Å². The van der Waals surface area contributed by atoms with Gasteiger partial charge in [0.25, 0.3) is 0 Å². The molecule has 2 aromatic rings. The van der Waals surface area contributed by atoms with E-state index in [0.29, 0.717) is 18.4 Å². The Bertz CT molecular complexity index is 813. The molecule has 0 aliphatic rings. The molecule has 0 radical (unpaired) electrons. The Kier molecular flexibility index (Phi) is 7.65. The van der Waals surface area contributed by atoms with Crippen LogP contribution in [0.5, 0.6) is 11.5 Å². The van der Waals surface area contributed by atoms with Crippen LogP contribution in [0, 0.1) is 0 Å². The number of benzene rings is 2. The third-order valence-electron chi connectivity index (χ3n) is 4.54. The highest BCUT2D eigenvalue weighted by Crippen LogP contribution is 2.25. The molecule has 29 heavy (non-hydrogen) atoms. The minimum absolute atomic E-state index is 0.00650. The van der Waals surface area contributed by atoms with Crippen LogP contribution < -0.4 is 10.6 Å². The van der Waals surface area contributed by atoms with Crippen molar-refractivity contribution in [1.82, 2.24) is 10.6 Å². The predicted octanol–water partition coefficient (Wildman–Crippen LogP) is 2.81. The van der Waals surface area contributed by atoms with Crippen molar-refractivity contribution in [2.45, 2.75) is 58.2 Å². The van der Waals surface area contributed by atoms with Crippen LogP contribution in [-0.4, -0.2) is 39.4 Å². The van der Waals surface area contributed by atoms with Gasteiger partial charge < -0.3 is 26.0 Å². The maximum atomic E-state index is 12.0. The van der Waals surface area contributed by atoms with Gasteiger partial charge in [0.1, 0.15) is 11.5 Å². The third kappa shape index (κ3) is 7.75. The van der Waals surface area contributed by atoms with E-state index in [0.717, 1.165) is 11.1 Å². The van der Waals surface area contributed by atoms with Crippen molar-refractivity contribution < 1.29 is 20.1 Å². The molecule has 0 fully saturated rings. The van der Waals surface area contributed by atoms with Crippen molar-refractivity contribution in [3.05, 3.63) is 59.2 Å².